The highest BCUT2D eigenvalue weighted by Gasteiger charge is 2.31. The van der Waals surface area contributed by atoms with E-state index in [-0.39, 0.29) is 12.1 Å². The van der Waals surface area contributed by atoms with Gasteiger partial charge in [0, 0.05) is 13.2 Å². The van der Waals surface area contributed by atoms with Crippen molar-refractivity contribution in [2.24, 2.45) is 5.73 Å². The number of urea groups is 1. The number of carboxylic acids is 1. The molecule has 0 aromatic carbocycles. The van der Waals surface area contributed by atoms with Crippen molar-refractivity contribution in [1.82, 2.24) is 10.2 Å². The van der Waals surface area contributed by atoms with Crippen LogP contribution in [0.1, 0.15) is 12.8 Å². The molecule has 8 nitrogen and oxygen atoms in total. The maximum Gasteiger partial charge on any atom is 0.323 e. The van der Waals surface area contributed by atoms with Crippen LogP contribution >= 0.6 is 0 Å². The average molecular weight is 259 g/mol. The first-order valence-electron chi connectivity index (χ1n) is 5.50. The third-order valence-electron chi connectivity index (χ3n) is 2.72. The van der Waals surface area contributed by atoms with Crippen molar-refractivity contribution in [3.05, 3.63) is 0 Å². The number of nitrogens with one attached hydrogen (secondary N) is 1. The molecule has 0 atom stereocenters. The molecule has 1 rings (SSSR count). The zero-order valence-electron chi connectivity index (χ0n) is 10.1. The second-order valence-corrected chi connectivity index (χ2v) is 4.19. The molecular weight excluding hydrogens is 242 g/mol. The topological polar surface area (TPSA) is 122 Å². The first-order chi connectivity index (χ1) is 8.42. The molecule has 0 bridgehead atoms. The van der Waals surface area contributed by atoms with Gasteiger partial charge in [0.05, 0.1) is 6.10 Å². The molecule has 3 amide bonds. The number of hydrogen-bond donors (Lipinski definition) is 3. The van der Waals surface area contributed by atoms with E-state index in [9.17, 15) is 14.4 Å². The molecule has 8 heteroatoms. The molecule has 1 aliphatic rings. The van der Waals surface area contributed by atoms with Gasteiger partial charge in [-0.3, -0.25) is 9.59 Å². The number of methoxy groups -OCH3 is 1. The quantitative estimate of drug-likeness (QED) is 0.550. The van der Waals surface area contributed by atoms with Crippen molar-refractivity contribution >= 4 is 17.9 Å². The van der Waals surface area contributed by atoms with Crippen molar-refractivity contribution in [3.8, 4) is 0 Å². The van der Waals surface area contributed by atoms with E-state index in [0.29, 0.717) is 12.8 Å². The Bertz CT molecular complexity index is 324. The SMILES string of the molecule is COC1CC(NC(=O)N(CC(N)=O)CC(=O)O)C1. The minimum absolute atomic E-state index is 0.0494. The predicted octanol–water partition coefficient (Wildman–Crippen LogP) is -1.25. The van der Waals surface area contributed by atoms with Gasteiger partial charge in [-0.1, -0.05) is 0 Å². The summed E-state index contributed by atoms with van der Waals surface area (Å²) in [6.45, 7) is -0.978. The third-order valence-corrected chi connectivity index (χ3v) is 2.72. The summed E-state index contributed by atoms with van der Waals surface area (Å²) in [5, 5.41) is 11.3. The molecule has 1 saturated carbocycles. The summed E-state index contributed by atoms with van der Waals surface area (Å²) in [6, 6.07) is -0.651. The van der Waals surface area contributed by atoms with E-state index < -0.39 is 31.0 Å². The highest BCUT2D eigenvalue weighted by Crippen LogP contribution is 2.22. The molecule has 0 aliphatic heterocycles. The summed E-state index contributed by atoms with van der Waals surface area (Å²) < 4.78 is 5.05. The van der Waals surface area contributed by atoms with Crippen LogP contribution in [-0.4, -0.2) is 60.3 Å². The number of amides is 3. The van der Waals surface area contributed by atoms with Gasteiger partial charge < -0.3 is 25.8 Å². The third kappa shape index (κ3) is 4.21. The summed E-state index contributed by atoms with van der Waals surface area (Å²) in [5.74, 6) is -1.95. The fourth-order valence-electron chi connectivity index (χ4n) is 1.69. The Balaban J connectivity index is 2.44. The fraction of sp³-hybridized carbons (Fsp3) is 0.700. The van der Waals surface area contributed by atoms with E-state index in [0.717, 1.165) is 4.90 Å². The second kappa shape index (κ2) is 6.20. The molecule has 0 aromatic heterocycles. The van der Waals surface area contributed by atoms with Crippen LogP contribution in [0, 0.1) is 0 Å². The molecule has 0 unspecified atom stereocenters. The highest BCUT2D eigenvalue weighted by atomic mass is 16.5. The van der Waals surface area contributed by atoms with E-state index in [1.54, 1.807) is 7.11 Å². The van der Waals surface area contributed by atoms with Gasteiger partial charge in [0.15, 0.2) is 0 Å². The summed E-state index contributed by atoms with van der Waals surface area (Å²) in [5.41, 5.74) is 4.95. The highest BCUT2D eigenvalue weighted by molar-refractivity contribution is 5.86. The minimum Gasteiger partial charge on any atom is -0.480 e. The lowest BCUT2D eigenvalue weighted by Gasteiger charge is -2.35. The molecule has 1 fully saturated rings. The Morgan fingerprint density at radius 1 is 1.39 bits per heavy atom. The van der Waals surface area contributed by atoms with Crippen LogP contribution in [0.15, 0.2) is 0 Å². The molecular formula is C10H17N3O5. The number of carboxylic acid groups (broad SMARTS) is 1. The van der Waals surface area contributed by atoms with Crippen molar-refractivity contribution in [1.29, 1.82) is 0 Å². The van der Waals surface area contributed by atoms with Gasteiger partial charge in [-0.25, -0.2) is 4.79 Å². The largest absolute Gasteiger partial charge is 0.480 e. The summed E-state index contributed by atoms with van der Waals surface area (Å²) >= 11 is 0. The average Bonchev–Trinajstić information content (AvgIpc) is 2.20. The van der Waals surface area contributed by atoms with Crippen LogP contribution < -0.4 is 11.1 Å². The smallest absolute Gasteiger partial charge is 0.323 e. The number of primary amides is 1. The maximum atomic E-state index is 11.7. The van der Waals surface area contributed by atoms with E-state index in [1.807, 2.05) is 0 Å². The van der Waals surface area contributed by atoms with Crippen LogP contribution in [0.5, 0.6) is 0 Å². The van der Waals surface area contributed by atoms with E-state index in [1.165, 1.54) is 0 Å². The van der Waals surface area contributed by atoms with Gasteiger partial charge >= 0.3 is 12.0 Å². The Labute approximate surface area is 104 Å². The fourth-order valence-corrected chi connectivity index (χ4v) is 1.69. The van der Waals surface area contributed by atoms with E-state index in [2.05, 4.69) is 5.32 Å². The second-order valence-electron chi connectivity index (χ2n) is 4.19. The van der Waals surface area contributed by atoms with Gasteiger partial charge in [0.1, 0.15) is 13.1 Å². The predicted molar refractivity (Wildman–Crippen MR) is 60.8 cm³/mol. The first kappa shape index (κ1) is 14.2. The molecule has 1 aliphatic carbocycles. The van der Waals surface area contributed by atoms with Gasteiger partial charge in [-0.05, 0) is 12.8 Å². The van der Waals surface area contributed by atoms with Crippen molar-refractivity contribution in [3.63, 3.8) is 0 Å². The van der Waals surface area contributed by atoms with Crippen molar-refractivity contribution < 1.29 is 24.2 Å². The standard InChI is InChI=1S/C10H17N3O5/c1-18-7-2-6(3-7)12-10(17)13(4-8(11)14)5-9(15)16/h6-7H,2-5H2,1H3,(H2,11,14)(H,12,17)(H,15,16). The monoisotopic (exact) mass is 259 g/mol. The molecule has 0 aromatic rings. The molecule has 0 spiro atoms. The Hall–Kier alpha value is -1.83. The molecule has 4 N–H and O–H groups in total. The minimum atomic E-state index is -1.20. The van der Waals surface area contributed by atoms with E-state index in [4.69, 9.17) is 15.6 Å². The van der Waals surface area contributed by atoms with E-state index >= 15 is 0 Å². The Morgan fingerprint density at radius 2 is 2.00 bits per heavy atom. The summed E-state index contributed by atoms with van der Waals surface area (Å²) in [7, 11) is 1.59. The maximum absolute atomic E-state index is 11.7. The molecule has 102 valence electrons. The number of ether oxygens (including phenoxy) is 1. The van der Waals surface area contributed by atoms with Gasteiger partial charge in [0.2, 0.25) is 5.91 Å². The number of nitrogens with zero attached hydrogens (tertiary/aromatic N) is 1. The van der Waals surface area contributed by atoms with Crippen LogP contribution in [-0.2, 0) is 14.3 Å². The van der Waals surface area contributed by atoms with Crippen LogP contribution in [0.25, 0.3) is 0 Å². The lowest BCUT2D eigenvalue weighted by Crippen LogP contribution is -2.54. The Morgan fingerprint density at radius 3 is 2.44 bits per heavy atom. The number of aliphatic carboxylic acids is 1. The molecule has 0 radical (unpaired) electrons. The molecule has 0 saturated heterocycles. The first-order valence-corrected chi connectivity index (χ1v) is 5.50. The summed E-state index contributed by atoms with van der Waals surface area (Å²) in [4.78, 5) is 33.9. The van der Waals surface area contributed by atoms with Gasteiger partial charge in [-0.2, -0.15) is 0 Å². The van der Waals surface area contributed by atoms with Gasteiger partial charge in [-0.15, -0.1) is 0 Å². The zero-order chi connectivity index (χ0) is 13.7. The van der Waals surface area contributed by atoms with Crippen LogP contribution in [0.3, 0.4) is 0 Å². The number of carbonyl (C=O) groups is 3. The number of carbonyl (C=O) groups excluding carboxylic acids is 2. The summed E-state index contributed by atoms with van der Waals surface area (Å²) in [6.07, 6.45) is 1.48. The van der Waals surface area contributed by atoms with Crippen molar-refractivity contribution in [2.75, 3.05) is 20.2 Å². The van der Waals surface area contributed by atoms with Crippen molar-refractivity contribution in [2.45, 2.75) is 25.0 Å². The lowest BCUT2D eigenvalue weighted by atomic mass is 9.89. The molecule has 0 heterocycles. The normalized spacial score (nSPS) is 21.8. The number of nitrogens with two attached hydrogens (primary N) is 1. The van der Waals surface area contributed by atoms with Crippen LogP contribution in [0.4, 0.5) is 4.79 Å². The van der Waals surface area contributed by atoms with Gasteiger partial charge in [0.25, 0.3) is 0 Å². The Kier molecular flexibility index (Phi) is 4.90. The van der Waals surface area contributed by atoms with Crippen LogP contribution in [0.2, 0.25) is 0 Å². The zero-order valence-corrected chi connectivity index (χ0v) is 10.1. The number of hydrogen-bond acceptors (Lipinski definition) is 4. The molecule has 18 heavy (non-hydrogen) atoms. The lowest BCUT2D eigenvalue weighted by molar-refractivity contribution is -0.137. The number of rotatable bonds is 6.